The molecule has 0 aromatic heterocycles. The van der Waals surface area contributed by atoms with E-state index in [0.717, 1.165) is 17.7 Å². The second-order valence-corrected chi connectivity index (χ2v) is 4.67. The van der Waals surface area contributed by atoms with Gasteiger partial charge in [-0.05, 0) is 24.1 Å². The number of hydrogen-bond donors (Lipinski definition) is 0. The molecule has 23 heavy (non-hydrogen) atoms. The highest BCUT2D eigenvalue weighted by molar-refractivity contribution is 6.10. The molecule has 2 rings (SSSR count). The lowest BCUT2D eigenvalue weighted by atomic mass is 9.97. The SMILES string of the molecule is CC.CCC.CCc1ccccc1C(=O)c1ccc(F)cc1F. The largest absolute Gasteiger partial charge is 0.288 e. The molecule has 0 aliphatic carbocycles. The molecular formula is C20H26F2O. The number of carbonyl (C=O) groups is 1. The lowest BCUT2D eigenvalue weighted by Gasteiger charge is -2.07. The molecule has 0 heterocycles. The van der Waals surface area contributed by atoms with E-state index in [4.69, 9.17) is 0 Å². The number of rotatable bonds is 3. The molecule has 0 unspecified atom stereocenters. The third-order valence-electron chi connectivity index (χ3n) is 2.82. The van der Waals surface area contributed by atoms with Crippen molar-refractivity contribution in [3.63, 3.8) is 0 Å². The van der Waals surface area contributed by atoms with E-state index in [1.54, 1.807) is 12.1 Å². The minimum absolute atomic E-state index is 0.0997. The fourth-order valence-corrected chi connectivity index (χ4v) is 1.87. The number of aryl methyl sites for hydroxylation is 1. The van der Waals surface area contributed by atoms with E-state index in [9.17, 15) is 13.6 Å². The Morgan fingerprint density at radius 3 is 2.00 bits per heavy atom. The summed E-state index contributed by atoms with van der Waals surface area (Å²) in [6, 6.07) is 10.0. The van der Waals surface area contributed by atoms with Gasteiger partial charge in [-0.3, -0.25) is 4.79 Å². The normalized spacial score (nSPS) is 9.17. The summed E-state index contributed by atoms with van der Waals surface area (Å²) in [6.07, 6.45) is 1.94. The number of carbonyl (C=O) groups excluding carboxylic acids is 1. The third-order valence-corrected chi connectivity index (χ3v) is 2.82. The van der Waals surface area contributed by atoms with Crippen LogP contribution in [0.2, 0.25) is 0 Å². The standard InChI is InChI=1S/C15H12F2O.C3H8.C2H6/c1-2-10-5-3-4-6-12(10)15(18)13-8-7-11(16)9-14(13)17;1-3-2;1-2/h3-9H,2H2,1H3;3H2,1-2H3;1-2H3. The van der Waals surface area contributed by atoms with E-state index < -0.39 is 17.4 Å². The van der Waals surface area contributed by atoms with Gasteiger partial charge in [0, 0.05) is 11.6 Å². The van der Waals surface area contributed by atoms with Crippen molar-refractivity contribution >= 4 is 5.78 Å². The Kier molecular flexibility index (Phi) is 10.5. The maximum absolute atomic E-state index is 13.6. The van der Waals surface area contributed by atoms with Crippen molar-refractivity contribution in [2.45, 2.75) is 47.5 Å². The van der Waals surface area contributed by atoms with Crippen LogP contribution >= 0.6 is 0 Å². The Hall–Kier alpha value is -2.03. The van der Waals surface area contributed by atoms with Crippen LogP contribution in [0.5, 0.6) is 0 Å². The summed E-state index contributed by atoms with van der Waals surface area (Å²) in [5.74, 6) is -1.93. The van der Waals surface area contributed by atoms with Gasteiger partial charge in [0.15, 0.2) is 5.78 Å². The van der Waals surface area contributed by atoms with Gasteiger partial charge >= 0.3 is 0 Å². The van der Waals surface area contributed by atoms with Crippen molar-refractivity contribution in [3.8, 4) is 0 Å². The van der Waals surface area contributed by atoms with Crippen LogP contribution < -0.4 is 0 Å². The maximum atomic E-state index is 13.6. The number of ketones is 1. The molecule has 1 nitrogen and oxygen atoms in total. The Labute approximate surface area is 138 Å². The summed E-state index contributed by atoms with van der Waals surface area (Å²) in [7, 11) is 0. The predicted octanol–water partition coefficient (Wildman–Crippen LogP) is 6.20. The van der Waals surface area contributed by atoms with E-state index in [1.165, 1.54) is 12.5 Å². The second kappa shape index (κ2) is 11.5. The van der Waals surface area contributed by atoms with E-state index in [-0.39, 0.29) is 5.56 Å². The molecule has 0 spiro atoms. The van der Waals surface area contributed by atoms with Crippen LogP contribution in [0, 0.1) is 11.6 Å². The van der Waals surface area contributed by atoms with Crippen LogP contribution in [-0.2, 0) is 6.42 Å². The fraction of sp³-hybridized carbons (Fsp3) is 0.350. The lowest BCUT2D eigenvalue weighted by molar-refractivity contribution is 0.103. The molecule has 0 saturated heterocycles. The van der Waals surface area contributed by atoms with Crippen molar-refractivity contribution in [2.24, 2.45) is 0 Å². The quantitative estimate of drug-likeness (QED) is 0.615. The third kappa shape index (κ3) is 6.31. The monoisotopic (exact) mass is 320 g/mol. The highest BCUT2D eigenvalue weighted by Gasteiger charge is 2.16. The molecule has 0 fully saturated rings. The first kappa shape index (κ1) is 21.0. The summed E-state index contributed by atoms with van der Waals surface area (Å²) < 4.78 is 26.4. The molecule has 0 radical (unpaired) electrons. The van der Waals surface area contributed by atoms with Crippen molar-refractivity contribution in [3.05, 3.63) is 70.8 Å². The first-order valence-electron chi connectivity index (χ1n) is 8.12. The molecule has 0 aliphatic rings. The fourth-order valence-electron chi connectivity index (χ4n) is 1.87. The molecular weight excluding hydrogens is 294 g/mol. The van der Waals surface area contributed by atoms with Crippen molar-refractivity contribution < 1.29 is 13.6 Å². The van der Waals surface area contributed by atoms with Crippen LogP contribution in [-0.4, -0.2) is 5.78 Å². The van der Waals surface area contributed by atoms with Crippen LogP contribution in [0.4, 0.5) is 8.78 Å². The summed E-state index contributed by atoms with van der Waals surface area (Å²) in [4.78, 5) is 12.2. The molecule has 2 aromatic carbocycles. The minimum atomic E-state index is -0.828. The molecule has 0 saturated carbocycles. The van der Waals surface area contributed by atoms with E-state index in [1.807, 2.05) is 32.9 Å². The Morgan fingerprint density at radius 2 is 1.48 bits per heavy atom. The number of hydrogen-bond acceptors (Lipinski definition) is 1. The van der Waals surface area contributed by atoms with Crippen LogP contribution in [0.3, 0.4) is 0 Å². The minimum Gasteiger partial charge on any atom is -0.288 e. The van der Waals surface area contributed by atoms with E-state index in [2.05, 4.69) is 13.8 Å². The molecule has 126 valence electrons. The number of benzene rings is 2. The van der Waals surface area contributed by atoms with Gasteiger partial charge < -0.3 is 0 Å². The van der Waals surface area contributed by atoms with E-state index >= 15 is 0 Å². The van der Waals surface area contributed by atoms with E-state index in [0.29, 0.717) is 12.0 Å². The first-order valence-corrected chi connectivity index (χ1v) is 8.12. The molecule has 0 N–H and O–H groups in total. The van der Waals surface area contributed by atoms with Gasteiger partial charge in [0.25, 0.3) is 0 Å². The second-order valence-electron chi connectivity index (χ2n) is 4.67. The molecule has 3 heteroatoms. The van der Waals surface area contributed by atoms with Crippen molar-refractivity contribution in [1.82, 2.24) is 0 Å². The van der Waals surface area contributed by atoms with Crippen LogP contribution in [0.1, 0.15) is 62.5 Å². The molecule has 0 bridgehead atoms. The number of halogens is 2. The summed E-state index contributed by atoms with van der Waals surface area (Å²) in [6.45, 7) is 10.2. The van der Waals surface area contributed by atoms with Crippen LogP contribution in [0.25, 0.3) is 0 Å². The molecule has 0 amide bonds. The lowest BCUT2D eigenvalue weighted by Crippen LogP contribution is -2.07. The maximum Gasteiger partial charge on any atom is 0.196 e. The zero-order valence-corrected chi connectivity index (χ0v) is 14.6. The van der Waals surface area contributed by atoms with Crippen LogP contribution in [0.15, 0.2) is 42.5 Å². The smallest absolute Gasteiger partial charge is 0.196 e. The predicted molar refractivity (Wildman–Crippen MR) is 92.9 cm³/mol. The van der Waals surface area contributed by atoms with Gasteiger partial charge in [-0.2, -0.15) is 0 Å². The average Bonchev–Trinajstić information content (AvgIpc) is 2.57. The van der Waals surface area contributed by atoms with Gasteiger partial charge in [-0.15, -0.1) is 0 Å². The van der Waals surface area contributed by atoms with Gasteiger partial charge in [0.05, 0.1) is 5.56 Å². The molecule has 0 aliphatic heterocycles. The zero-order chi connectivity index (χ0) is 17.8. The highest BCUT2D eigenvalue weighted by Crippen LogP contribution is 2.18. The molecule has 0 atom stereocenters. The Balaban J connectivity index is 0.000000868. The summed E-state index contributed by atoms with van der Waals surface area (Å²) in [5.41, 5.74) is 1.22. The van der Waals surface area contributed by atoms with Gasteiger partial charge in [-0.25, -0.2) is 8.78 Å². The Morgan fingerprint density at radius 1 is 0.913 bits per heavy atom. The Bertz CT molecular complexity index is 606. The topological polar surface area (TPSA) is 17.1 Å². The first-order chi connectivity index (χ1) is 11.0. The van der Waals surface area contributed by atoms with Crippen molar-refractivity contribution in [2.75, 3.05) is 0 Å². The average molecular weight is 320 g/mol. The highest BCUT2D eigenvalue weighted by atomic mass is 19.1. The summed E-state index contributed by atoms with van der Waals surface area (Å²) >= 11 is 0. The summed E-state index contributed by atoms with van der Waals surface area (Å²) in [5, 5.41) is 0. The van der Waals surface area contributed by atoms with Crippen molar-refractivity contribution in [1.29, 1.82) is 0 Å². The van der Waals surface area contributed by atoms with Gasteiger partial charge in [0.1, 0.15) is 11.6 Å². The van der Waals surface area contributed by atoms with Gasteiger partial charge in [0.2, 0.25) is 0 Å². The van der Waals surface area contributed by atoms with Gasteiger partial charge in [-0.1, -0.05) is 65.3 Å². The molecule has 2 aromatic rings. The zero-order valence-electron chi connectivity index (χ0n) is 14.6.